The quantitative estimate of drug-likeness (QED) is 0.870. The standard InChI is InChI=1S/C13H14ClNO4/c1-13(12(18)19)4-5-15(7-13)11(17)8-2-3-10(16)9(14)6-8/h2-3,6,16H,4-5,7H2,1H3,(H,18,19). The number of carbonyl (C=O) groups excluding carboxylic acids is 1. The fraction of sp³-hybridized carbons (Fsp3) is 0.385. The van der Waals surface area contributed by atoms with Crippen molar-refractivity contribution in [2.45, 2.75) is 13.3 Å². The number of nitrogens with zero attached hydrogens (tertiary/aromatic N) is 1. The van der Waals surface area contributed by atoms with Crippen LogP contribution in [-0.2, 0) is 4.79 Å². The Morgan fingerprint density at radius 2 is 2.11 bits per heavy atom. The molecule has 1 aliphatic rings. The first kappa shape index (κ1) is 13.7. The summed E-state index contributed by atoms with van der Waals surface area (Å²) in [6, 6.07) is 4.21. The fourth-order valence-corrected chi connectivity index (χ4v) is 2.31. The van der Waals surface area contributed by atoms with Gasteiger partial charge in [-0.15, -0.1) is 0 Å². The lowest BCUT2D eigenvalue weighted by Gasteiger charge is -2.20. The Hall–Kier alpha value is -1.75. The number of amides is 1. The molecule has 1 amide bonds. The Morgan fingerprint density at radius 3 is 2.63 bits per heavy atom. The molecule has 2 rings (SSSR count). The predicted octanol–water partition coefficient (Wildman–Crippen LogP) is 1.98. The number of hydrogen-bond donors (Lipinski definition) is 2. The molecule has 19 heavy (non-hydrogen) atoms. The van der Waals surface area contributed by atoms with Gasteiger partial charge in [-0.2, -0.15) is 0 Å². The maximum Gasteiger partial charge on any atom is 0.311 e. The van der Waals surface area contributed by atoms with Crippen molar-refractivity contribution in [2.24, 2.45) is 5.41 Å². The molecule has 6 heteroatoms. The van der Waals surface area contributed by atoms with Gasteiger partial charge in [0.05, 0.1) is 10.4 Å². The van der Waals surface area contributed by atoms with E-state index >= 15 is 0 Å². The van der Waals surface area contributed by atoms with Crippen LogP contribution in [0.1, 0.15) is 23.7 Å². The summed E-state index contributed by atoms with van der Waals surface area (Å²) >= 11 is 5.76. The smallest absolute Gasteiger partial charge is 0.311 e. The first-order valence-corrected chi connectivity index (χ1v) is 6.22. The highest BCUT2D eigenvalue weighted by molar-refractivity contribution is 6.32. The van der Waals surface area contributed by atoms with Gasteiger partial charge in [0.1, 0.15) is 5.75 Å². The van der Waals surface area contributed by atoms with E-state index in [1.54, 1.807) is 6.92 Å². The Balaban J connectivity index is 2.18. The number of phenolic OH excluding ortho intramolecular Hbond substituents is 1. The number of aliphatic carboxylic acids is 1. The summed E-state index contributed by atoms with van der Waals surface area (Å²) in [5.41, 5.74) is -0.548. The molecular weight excluding hydrogens is 270 g/mol. The average Bonchev–Trinajstić information content (AvgIpc) is 2.76. The first-order chi connectivity index (χ1) is 8.83. The highest BCUT2D eigenvalue weighted by Crippen LogP contribution is 2.32. The van der Waals surface area contributed by atoms with Crippen molar-refractivity contribution in [1.82, 2.24) is 4.90 Å². The first-order valence-electron chi connectivity index (χ1n) is 5.85. The lowest BCUT2D eigenvalue weighted by molar-refractivity contribution is -0.147. The Kier molecular flexibility index (Phi) is 3.41. The number of carboxylic acids is 1. The van der Waals surface area contributed by atoms with Gasteiger partial charge in [0.2, 0.25) is 0 Å². The number of carbonyl (C=O) groups is 2. The van der Waals surface area contributed by atoms with Gasteiger partial charge in [0, 0.05) is 18.7 Å². The van der Waals surface area contributed by atoms with Crippen molar-refractivity contribution in [3.8, 4) is 5.75 Å². The van der Waals surface area contributed by atoms with E-state index in [2.05, 4.69) is 0 Å². The van der Waals surface area contributed by atoms with Crippen LogP contribution in [0.25, 0.3) is 0 Å². The molecule has 1 heterocycles. The molecule has 1 aromatic rings. The van der Waals surface area contributed by atoms with E-state index in [4.69, 9.17) is 16.7 Å². The number of aromatic hydroxyl groups is 1. The van der Waals surface area contributed by atoms with E-state index in [1.165, 1.54) is 23.1 Å². The van der Waals surface area contributed by atoms with E-state index in [1.807, 2.05) is 0 Å². The van der Waals surface area contributed by atoms with Gasteiger partial charge < -0.3 is 15.1 Å². The van der Waals surface area contributed by atoms with Crippen molar-refractivity contribution in [3.05, 3.63) is 28.8 Å². The molecule has 1 saturated heterocycles. The zero-order valence-electron chi connectivity index (χ0n) is 10.4. The molecule has 1 atom stereocenters. The van der Waals surface area contributed by atoms with Crippen molar-refractivity contribution in [2.75, 3.05) is 13.1 Å². The maximum absolute atomic E-state index is 12.2. The lowest BCUT2D eigenvalue weighted by Crippen LogP contribution is -2.34. The van der Waals surface area contributed by atoms with Crippen LogP contribution in [0.5, 0.6) is 5.75 Å². The van der Waals surface area contributed by atoms with E-state index in [0.29, 0.717) is 18.5 Å². The van der Waals surface area contributed by atoms with Crippen LogP contribution in [0.4, 0.5) is 0 Å². The molecule has 0 aromatic heterocycles. The normalized spacial score (nSPS) is 22.5. The molecule has 102 valence electrons. The third-order valence-corrected chi connectivity index (χ3v) is 3.77. The average molecular weight is 284 g/mol. The summed E-state index contributed by atoms with van der Waals surface area (Å²) < 4.78 is 0. The van der Waals surface area contributed by atoms with Crippen molar-refractivity contribution in [1.29, 1.82) is 0 Å². The van der Waals surface area contributed by atoms with Crippen LogP contribution in [-0.4, -0.2) is 40.1 Å². The topological polar surface area (TPSA) is 77.8 Å². The third kappa shape index (κ3) is 2.51. The van der Waals surface area contributed by atoms with E-state index in [0.717, 1.165) is 0 Å². The Bertz CT molecular complexity index is 545. The predicted molar refractivity (Wildman–Crippen MR) is 69.4 cm³/mol. The van der Waals surface area contributed by atoms with Gasteiger partial charge in [-0.3, -0.25) is 9.59 Å². The molecule has 1 fully saturated rings. The van der Waals surface area contributed by atoms with E-state index < -0.39 is 11.4 Å². The van der Waals surface area contributed by atoms with Gasteiger partial charge in [-0.1, -0.05) is 11.6 Å². The SMILES string of the molecule is CC1(C(=O)O)CCN(C(=O)c2ccc(O)c(Cl)c2)C1. The summed E-state index contributed by atoms with van der Waals surface area (Å²) in [5.74, 6) is -1.26. The zero-order chi connectivity index (χ0) is 14.2. The minimum atomic E-state index is -0.897. The summed E-state index contributed by atoms with van der Waals surface area (Å²) in [6.45, 7) is 2.21. The molecule has 1 aliphatic heterocycles. The number of rotatable bonds is 2. The largest absolute Gasteiger partial charge is 0.506 e. The molecule has 0 spiro atoms. The zero-order valence-corrected chi connectivity index (χ0v) is 11.1. The number of likely N-dealkylation sites (tertiary alicyclic amines) is 1. The minimum absolute atomic E-state index is 0.0880. The Morgan fingerprint density at radius 1 is 1.42 bits per heavy atom. The van der Waals surface area contributed by atoms with Crippen LogP contribution in [0, 0.1) is 5.41 Å². The lowest BCUT2D eigenvalue weighted by atomic mass is 9.90. The van der Waals surface area contributed by atoms with E-state index in [9.17, 15) is 14.7 Å². The second kappa shape index (κ2) is 4.74. The van der Waals surface area contributed by atoms with Crippen molar-refractivity contribution in [3.63, 3.8) is 0 Å². The van der Waals surface area contributed by atoms with E-state index in [-0.39, 0.29) is 23.2 Å². The molecule has 1 unspecified atom stereocenters. The van der Waals surface area contributed by atoms with Crippen LogP contribution in [0.15, 0.2) is 18.2 Å². The highest BCUT2D eigenvalue weighted by Gasteiger charge is 2.42. The Labute approximate surface area is 115 Å². The summed E-state index contributed by atoms with van der Waals surface area (Å²) in [4.78, 5) is 24.8. The molecule has 0 radical (unpaired) electrons. The number of halogens is 1. The molecular formula is C13H14ClNO4. The third-order valence-electron chi connectivity index (χ3n) is 3.47. The fourth-order valence-electron chi connectivity index (χ4n) is 2.13. The molecule has 5 nitrogen and oxygen atoms in total. The molecule has 2 N–H and O–H groups in total. The maximum atomic E-state index is 12.2. The number of hydrogen-bond acceptors (Lipinski definition) is 3. The van der Waals surface area contributed by atoms with Crippen molar-refractivity contribution < 1.29 is 19.8 Å². The van der Waals surface area contributed by atoms with Crippen LogP contribution >= 0.6 is 11.6 Å². The molecule has 0 saturated carbocycles. The molecule has 1 aromatic carbocycles. The van der Waals surface area contributed by atoms with Crippen LogP contribution in [0.2, 0.25) is 5.02 Å². The van der Waals surface area contributed by atoms with Gasteiger partial charge in [-0.05, 0) is 31.5 Å². The summed E-state index contributed by atoms with van der Waals surface area (Å²) in [5, 5.41) is 18.5. The van der Waals surface area contributed by atoms with Gasteiger partial charge >= 0.3 is 5.97 Å². The van der Waals surface area contributed by atoms with Crippen molar-refractivity contribution >= 4 is 23.5 Å². The summed E-state index contributed by atoms with van der Waals surface area (Å²) in [7, 11) is 0. The van der Waals surface area contributed by atoms with Gasteiger partial charge in [0.15, 0.2) is 0 Å². The van der Waals surface area contributed by atoms with Gasteiger partial charge in [-0.25, -0.2) is 0 Å². The monoisotopic (exact) mass is 283 g/mol. The number of benzene rings is 1. The van der Waals surface area contributed by atoms with Crippen LogP contribution < -0.4 is 0 Å². The number of phenols is 1. The second-order valence-corrected chi connectivity index (χ2v) is 5.42. The highest BCUT2D eigenvalue weighted by atomic mass is 35.5. The molecule has 0 bridgehead atoms. The second-order valence-electron chi connectivity index (χ2n) is 5.01. The molecule has 0 aliphatic carbocycles. The summed E-state index contributed by atoms with van der Waals surface area (Å²) in [6.07, 6.45) is 0.430. The van der Waals surface area contributed by atoms with Gasteiger partial charge in [0.25, 0.3) is 5.91 Å². The number of carboxylic acid groups (broad SMARTS) is 1. The van der Waals surface area contributed by atoms with Crippen LogP contribution in [0.3, 0.4) is 0 Å². The minimum Gasteiger partial charge on any atom is -0.506 e.